The van der Waals surface area contributed by atoms with Crippen LogP contribution in [-0.2, 0) is 6.42 Å². The standard InChI is InChI=1S/C12H10BrFN2O/c1-2-9-10(13)12(17)16-11(15-9)7-3-5-8(14)6-4-7/h3-6H,2H2,1H3,(H,15,16,17). The minimum absolute atomic E-state index is 0.226. The van der Waals surface area contributed by atoms with Crippen LogP contribution in [0.1, 0.15) is 12.6 Å². The van der Waals surface area contributed by atoms with E-state index in [4.69, 9.17) is 0 Å². The minimum Gasteiger partial charge on any atom is -0.306 e. The molecule has 0 saturated heterocycles. The van der Waals surface area contributed by atoms with Crippen LogP contribution in [-0.4, -0.2) is 9.97 Å². The van der Waals surface area contributed by atoms with Gasteiger partial charge >= 0.3 is 0 Å². The minimum atomic E-state index is -0.316. The number of aromatic nitrogens is 2. The average molecular weight is 297 g/mol. The summed E-state index contributed by atoms with van der Waals surface area (Å²) in [5, 5.41) is 0. The molecule has 0 aliphatic rings. The molecule has 0 bridgehead atoms. The number of H-pyrrole nitrogens is 1. The lowest BCUT2D eigenvalue weighted by Gasteiger charge is -2.04. The van der Waals surface area contributed by atoms with Gasteiger partial charge in [-0.05, 0) is 46.6 Å². The van der Waals surface area contributed by atoms with Crippen molar-refractivity contribution >= 4 is 15.9 Å². The van der Waals surface area contributed by atoms with Crippen molar-refractivity contribution in [3.05, 3.63) is 50.6 Å². The van der Waals surface area contributed by atoms with Gasteiger partial charge in [0, 0.05) is 5.56 Å². The van der Waals surface area contributed by atoms with Gasteiger partial charge in [0.25, 0.3) is 5.56 Å². The van der Waals surface area contributed by atoms with Gasteiger partial charge in [0.05, 0.1) is 5.69 Å². The fourth-order valence-electron chi connectivity index (χ4n) is 1.48. The first-order valence-electron chi connectivity index (χ1n) is 5.16. The second kappa shape index (κ2) is 4.79. The van der Waals surface area contributed by atoms with Crippen molar-refractivity contribution in [1.29, 1.82) is 0 Å². The van der Waals surface area contributed by atoms with Crippen molar-refractivity contribution < 1.29 is 4.39 Å². The van der Waals surface area contributed by atoms with Crippen LogP contribution in [0.4, 0.5) is 4.39 Å². The third kappa shape index (κ3) is 2.44. The van der Waals surface area contributed by atoms with Crippen molar-refractivity contribution in [3.63, 3.8) is 0 Å². The molecule has 2 rings (SSSR count). The van der Waals surface area contributed by atoms with Gasteiger partial charge in [-0.25, -0.2) is 9.37 Å². The van der Waals surface area contributed by atoms with Gasteiger partial charge in [0.15, 0.2) is 0 Å². The lowest BCUT2D eigenvalue weighted by Crippen LogP contribution is -2.13. The molecule has 0 saturated carbocycles. The molecular weight excluding hydrogens is 287 g/mol. The molecule has 0 aliphatic heterocycles. The summed E-state index contributed by atoms with van der Waals surface area (Å²) in [6.45, 7) is 1.92. The number of nitrogens with zero attached hydrogens (tertiary/aromatic N) is 1. The molecule has 0 atom stereocenters. The molecule has 1 aromatic carbocycles. The number of aryl methyl sites for hydroxylation is 1. The average Bonchev–Trinajstić information content (AvgIpc) is 2.33. The lowest BCUT2D eigenvalue weighted by atomic mass is 10.2. The van der Waals surface area contributed by atoms with E-state index in [9.17, 15) is 9.18 Å². The van der Waals surface area contributed by atoms with E-state index in [2.05, 4.69) is 25.9 Å². The molecule has 0 unspecified atom stereocenters. The Morgan fingerprint density at radius 3 is 2.59 bits per heavy atom. The van der Waals surface area contributed by atoms with E-state index in [1.165, 1.54) is 12.1 Å². The van der Waals surface area contributed by atoms with E-state index in [1.54, 1.807) is 12.1 Å². The molecule has 1 aromatic heterocycles. The monoisotopic (exact) mass is 296 g/mol. The summed E-state index contributed by atoms with van der Waals surface area (Å²) in [7, 11) is 0. The quantitative estimate of drug-likeness (QED) is 0.926. The van der Waals surface area contributed by atoms with Crippen molar-refractivity contribution in [2.45, 2.75) is 13.3 Å². The van der Waals surface area contributed by atoms with Gasteiger partial charge < -0.3 is 4.98 Å². The van der Waals surface area contributed by atoms with Crippen molar-refractivity contribution in [2.24, 2.45) is 0 Å². The number of hydrogen-bond donors (Lipinski definition) is 1. The summed E-state index contributed by atoms with van der Waals surface area (Å²) >= 11 is 3.19. The zero-order chi connectivity index (χ0) is 12.4. The maximum Gasteiger partial charge on any atom is 0.265 e. The predicted molar refractivity (Wildman–Crippen MR) is 67.3 cm³/mol. The third-order valence-electron chi connectivity index (χ3n) is 2.38. The second-order valence-electron chi connectivity index (χ2n) is 3.54. The first-order chi connectivity index (χ1) is 8.11. The molecule has 5 heteroatoms. The highest BCUT2D eigenvalue weighted by Crippen LogP contribution is 2.17. The molecule has 0 amide bonds. The van der Waals surface area contributed by atoms with Gasteiger partial charge in [0.1, 0.15) is 16.1 Å². The Morgan fingerprint density at radius 1 is 1.35 bits per heavy atom. The van der Waals surface area contributed by atoms with Crippen LogP contribution in [0.15, 0.2) is 33.5 Å². The number of nitrogens with one attached hydrogen (secondary N) is 1. The SMILES string of the molecule is CCc1nc(-c2ccc(F)cc2)[nH]c(=O)c1Br. The number of rotatable bonds is 2. The molecule has 1 heterocycles. The molecule has 0 aliphatic carbocycles. The highest BCUT2D eigenvalue weighted by molar-refractivity contribution is 9.10. The van der Waals surface area contributed by atoms with Gasteiger partial charge in [-0.3, -0.25) is 4.79 Å². The van der Waals surface area contributed by atoms with Gasteiger partial charge in [0.2, 0.25) is 0 Å². The van der Waals surface area contributed by atoms with E-state index in [0.29, 0.717) is 28.0 Å². The largest absolute Gasteiger partial charge is 0.306 e. The van der Waals surface area contributed by atoms with Crippen LogP contribution in [0.25, 0.3) is 11.4 Å². The molecule has 0 radical (unpaired) electrons. The molecule has 17 heavy (non-hydrogen) atoms. The fourth-order valence-corrected chi connectivity index (χ4v) is 1.95. The zero-order valence-electron chi connectivity index (χ0n) is 9.13. The molecule has 0 fully saturated rings. The Labute approximate surface area is 106 Å². The Hall–Kier alpha value is -1.49. The molecule has 2 aromatic rings. The normalized spacial score (nSPS) is 10.5. The summed E-state index contributed by atoms with van der Waals surface area (Å²) in [6.07, 6.45) is 0.651. The van der Waals surface area contributed by atoms with Crippen LogP contribution in [0.3, 0.4) is 0 Å². The molecule has 1 N–H and O–H groups in total. The lowest BCUT2D eigenvalue weighted by molar-refractivity contribution is 0.628. The van der Waals surface area contributed by atoms with Crippen molar-refractivity contribution in [2.75, 3.05) is 0 Å². The number of benzene rings is 1. The van der Waals surface area contributed by atoms with Crippen molar-refractivity contribution in [1.82, 2.24) is 9.97 Å². The Kier molecular flexibility index (Phi) is 3.38. The third-order valence-corrected chi connectivity index (χ3v) is 3.20. The van der Waals surface area contributed by atoms with Gasteiger partial charge in [-0.1, -0.05) is 6.92 Å². The molecule has 3 nitrogen and oxygen atoms in total. The van der Waals surface area contributed by atoms with Crippen LogP contribution in [0.2, 0.25) is 0 Å². The summed E-state index contributed by atoms with van der Waals surface area (Å²) in [5.41, 5.74) is 1.15. The summed E-state index contributed by atoms with van der Waals surface area (Å²) in [4.78, 5) is 18.6. The second-order valence-corrected chi connectivity index (χ2v) is 4.33. The first kappa shape index (κ1) is 12.0. The van der Waals surface area contributed by atoms with Gasteiger partial charge in [-0.2, -0.15) is 0 Å². The highest BCUT2D eigenvalue weighted by atomic mass is 79.9. The number of halogens is 2. The maximum absolute atomic E-state index is 12.8. The number of aromatic amines is 1. The van der Waals surface area contributed by atoms with Gasteiger partial charge in [-0.15, -0.1) is 0 Å². The smallest absolute Gasteiger partial charge is 0.265 e. The topological polar surface area (TPSA) is 45.8 Å². The van der Waals surface area contributed by atoms with E-state index in [1.807, 2.05) is 6.92 Å². The Bertz CT molecular complexity index is 592. The fraction of sp³-hybridized carbons (Fsp3) is 0.167. The van der Waals surface area contributed by atoms with Crippen LogP contribution in [0.5, 0.6) is 0 Å². The molecule has 88 valence electrons. The van der Waals surface area contributed by atoms with E-state index >= 15 is 0 Å². The van der Waals surface area contributed by atoms with Crippen LogP contribution < -0.4 is 5.56 Å². The first-order valence-corrected chi connectivity index (χ1v) is 5.95. The van der Waals surface area contributed by atoms with E-state index in [-0.39, 0.29) is 11.4 Å². The summed E-state index contributed by atoms with van der Waals surface area (Å²) in [6, 6.07) is 5.84. The summed E-state index contributed by atoms with van der Waals surface area (Å²) in [5.74, 6) is 0.138. The van der Waals surface area contributed by atoms with Crippen LogP contribution in [0, 0.1) is 5.82 Å². The highest BCUT2D eigenvalue weighted by Gasteiger charge is 2.08. The Morgan fingerprint density at radius 2 is 2.00 bits per heavy atom. The number of hydrogen-bond acceptors (Lipinski definition) is 2. The van der Waals surface area contributed by atoms with Crippen LogP contribution >= 0.6 is 15.9 Å². The van der Waals surface area contributed by atoms with Crippen molar-refractivity contribution in [3.8, 4) is 11.4 Å². The van der Waals surface area contributed by atoms with E-state index in [0.717, 1.165) is 0 Å². The zero-order valence-corrected chi connectivity index (χ0v) is 10.7. The summed E-state index contributed by atoms with van der Waals surface area (Å²) < 4.78 is 13.2. The Balaban J connectivity index is 2.56. The maximum atomic E-state index is 12.8. The predicted octanol–water partition coefficient (Wildman–Crippen LogP) is 2.90. The molecule has 0 spiro atoms. The molecular formula is C12H10BrFN2O. The van der Waals surface area contributed by atoms with E-state index < -0.39 is 0 Å².